The molecule has 1 N–H and O–H groups in total. The highest BCUT2D eigenvalue weighted by molar-refractivity contribution is 7.99. The Hall–Kier alpha value is -1.80. The van der Waals surface area contributed by atoms with E-state index in [0.717, 1.165) is 16.4 Å². The smallest absolute Gasteiger partial charge is 0.328 e. The van der Waals surface area contributed by atoms with Crippen LogP contribution in [0.5, 0.6) is 0 Å². The van der Waals surface area contributed by atoms with Crippen LogP contribution in [0.4, 0.5) is 15.6 Å². The lowest BCUT2D eigenvalue weighted by molar-refractivity contribution is 0.229. The van der Waals surface area contributed by atoms with E-state index in [1.165, 1.54) is 16.2 Å². The molecule has 0 radical (unpaired) electrons. The Morgan fingerprint density at radius 3 is 2.69 bits per heavy atom. The molecule has 1 unspecified atom stereocenters. The molecule has 26 heavy (non-hydrogen) atoms. The molecule has 1 aromatic carbocycles. The summed E-state index contributed by atoms with van der Waals surface area (Å²) in [5.74, 6) is 0.997. The summed E-state index contributed by atoms with van der Waals surface area (Å²) in [6.45, 7) is 9.03. The van der Waals surface area contributed by atoms with Gasteiger partial charge in [0, 0.05) is 23.0 Å². The number of carbonyl (C=O) groups excluding carboxylic acids is 1. The van der Waals surface area contributed by atoms with Crippen molar-refractivity contribution in [2.45, 2.75) is 44.2 Å². The molecule has 0 bridgehead atoms. The molecule has 6 nitrogen and oxygen atoms in total. The number of urea groups is 1. The highest BCUT2D eigenvalue weighted by Crippen LogP contribution is 2.34. The van der Waals surface area contributed by atoms with Crippen molar-refractivity contribution in [1.29, 1.82) is 0 Å². The number of rotatable bonds is 5. The summed E-state index contributed by atoms with van der Waals surface area (Å²) in [6, 6.07) is 8.14. The zero-order valence-electron chi connectivity index (χ0n) is 15.8. The van der Waals surface area contributed by atoms with Crippen LogP contribution in [0.3, 0.4) is 0 Å². The predicted octanol–water partition coefficient (Wildman–Crippen LogP) is 4.26. The monoisotopic (exact) mass is 391 g/mol. The second-order valence-corrected chi connectivity index (χ2v) is 9.52. The third-order valence-corrected chi connectivity index (χ3v) is 6.37. The van der Waals surface area contributed by atoms with E-state index in [0.29, 0.717) is 11.7 Å². The average molecular weight is 392 g/mol. The highest BCUT2D eigenvalue weighted by Gasteiger charge is 2.39. The summed E-state index contributed by atoms with van der Waals surface area (Å²) in [6.07, 6.45) is -0.174. The summed E-state index contributed by atoms with van der Waals surface area (Å²) >= 11 is 3.27. The fourth-order valence-electron chi connectivity index (χ4n) is 2.72. The molecule has 1 fully saturated rings. The number of likely N-dealkylation sites (N-methyl/N-ethyl adjacent to an activating group) is 1. The van der Waals surface area contributed by atoms with Gasteiger partial charge in [-0.25, -0.2) is 9.69 Å². The van der Waals surface area contributed by atoms with Crippen molar-refractivity contribution >= 4 is 39.9 Å². The van der Waals surface area contributed by atoms with Crippen LogP contribution in [0, 0.1) is 0 Å². The summed E-state index contributed by atoms with van der Waals surface area (Å²) < 4.78 is 0. The Morgan fingerprint density at radius 1 is 1.31 bits per heavy atom. The Labute approximate surface area is 163 Å². The molecule has 1 atom stereocenters. The Bertz CT molecular complexity index is 786. The third kappa shape index (κ3) is 3.81. The normalized spacial score (nSPS) is 17.9. The molecule has 0 aliphatic carbocycles. The number of anilines is 2. The van der Waals surface area contributed by atoms with Crippen molar-refractivity contribution in [3.63, 3.8) is 0 Å². The van der Waals surface area contributed by atoms with Crippen LogP contribution in [-0.4, -0.2) is 46.6 Å². The topological polar surface area (TPSA) is 61.4 Å². The van der Waals surface area contributed by atoms with Gasteiger partial charge >= 0.3 is 6.03 Å². The van der Waals surface area contributed by atoms with Gasteiger partial charge in [0.25, 0.3) is 0 Å². The molecule has 140 valence electrons. The predicted molar refractivity (Wildman–Crippen MR) is 109 cm³/mol. The number of amides is 2. The maximum atomic E-state index is 12.7. The molecule has 2 heterocycles. The first-order valence-electron chi connectivity index (χ1n) is 8.68. The van der Waals surface area contributed by atoms with Crippen LogP contribution >= 0.6 is 23.1 Å². The number of nitrogens with zero attached hydrogens (tertiary/aromatic N) is 4. The van der Waals surface area contributed by atoms with E-state index in [2.05, 4.69) is 55.3 Å². The Balaban J connectivity index is 1.89. The number of aromatic nitrogens is 2. The SMILES string of the molecule is CCSc1ccccc1NC1CN(C)C(=O)N1c1nnc(C(C)(C)C)s1. The molecule has 1 aromatic heterocycles. The van der Waals surface area contributed by atoms with Gasteiger partial charge in [-0.2, -0.15) is 0 Å². The molecule has 1 saturated heterocycles. The van der Waals surface area contributed by atoms with Crippen molar-refractivity contribution < 1.29 is 4.79 Å². The van der Waals surface area contributed by atoms with Gasteiger partial charge in [0.2, 0.25) is 5.13 Å². The number of thioether (sulfide) groups is 1. The molecule has 0 spiro atoms. The van der Waals surface area contributed by atoms with E-state index >= 15 is 0 Å². The van der Waals surface area contributed by atoms with Gasteiger partial charge < -0.3 is 10.2 Å². The van der Waals surface area contributed by atoms with E-state index in [4.69, 9.17) is 0 Å². The second kappa shape index (κ2) is 7.44. The number of hydrogen-bond acceptors (Lipinski definition) is 6. The maximum Gasteiger partial charge on any atom is 0.328 e. The quantitative estimate of drug-likeness (QED) is 0.772. The second-order valence-electron chi connectivity index (χ2n) is 7.26. The summed E-state index contributed by atoms with van der Waals surface area (Å²) in [5.41, 5.74) is 0.954. The average Bonchev–Trinajstić information content (AvgIpc) is 3.15. The lowest BCUT2D eigenvalue weighted by Gasteiger charge is -2.23. The first-order chi connectivity index (χ1) is 12.3. The van der Waals surface area contributed by atoms with E-state index in [9.17, 15) is 4.79 Å². The van der Waals surface area contributed by atoms with Gasteiger partial charge in [-0.15, -0.1) is 22.0 Å². The number of carbonyl (C=O) groups is 1. The summed E-state index contributed by atoms with van der Waals surface area (Å²) in [7, 11) is 1.81. The van der Waals surface area contributed by atoms with E-state index in [1.807, 2.05) is 19.2 Å². The highest BCUT2D eigenvalue weighted by atomic mass is 32.2. The van der Waals surface area contributed by atoms with Crippen molar-refractivity contribution in [1.82, 2.24) is 15.1 Å². The standard InChI is InChI=1S/C18H25N5OS2/c1-6-25-13-10-8-7-9-12(13)19-14-11-22(5)17(24)23(14)16-21-20-15(26-16)18(2,3)4/h7-10,14,19H,6,11H2,1-5H3. The van der Waals surface area contributed by atoms with Gasteiger partial charge in [-0.1, -0.05) is 51.2 Å². The maximum absolute atomic E-state index is 12.7. The van der Waals surface area contributed by atoms with Gasteiger partial charge in [0.1, 0.15) is 11.2 Å². The number of hydrogen-bond donors (Lipinski definition) is 1. The van der Waals surface area contributed by atoms with Crippen LogP contribution in [0.1, 0.15) is 32.7 Å². The number of nitrogens with one attached hydrogen (secondary N) is 1. The lowest BCUT2D eigenvalue weighted by atomic mass is 9.98. The zero-order chi connectivity index (χ0) is 18.9. The van der Waals surface area contributed by atoms with Gasteiger partial charge in [-0.3, -0.25) is 0 Å². The van der Waals surface area contributed by atoms with Crippen LogP contribution in [0.25, 0.3) is 0 Å². The van der Waals surface area contributed by atoms with Crippen molar-refractivity contribution in [2.24, 2.45) is 0 Å². The van der Waals surface area contributed by atoms with Gasteiger partial charge in [0.05, 0.1) is 6.54 Å². The molecule has 1 aliphatic heterocycles. The van der Waals surface area contributed by atoms with Gasteiger partial charge in [-0.05, 0) is 17.9 Å². The molecule has 8 heteroatoms. The Kier molecular flexibility index (Phi) is 5.43. The number of benzene rings is 1. The minimum atomic E-state index is -0.174. The fourth-order valence-corrected chi connectivity index (χ4v) is 4.44. The molecular formula is C18H25N5OS2. The number of para-hydroxylation sites is 1. The van der Waals surface area contributed by atoms with Crippen molar-refractivity contribution in [3.05, 3.63) is 29.3 Å². The van der Waals surface area contributed by atoms with Crippen LogP contribution < -0.4 is 10.2 Å². The van der Waals surface area contributed by atoms with Crippen molar-refractivity contribution in [3.8, 4) is 0 Å². The van der Waals surface area contributed by atoms with E-state index in [1.54, 1.807) is 21.6 Å². The Morgan fingerprint density at radius 2 is 2.04 bits per heavy atom. The van der Waals surface area contributed by atoms with Crippen LogP contribution in [-0.2, 0) is 5.41 Å². The molecule has 2 aromatic rings. The lowest BCUT2D eigenvalue weighted by Crippen LogP contribution is -2.39. The van der Waals surface area contributed by atoms with Crippen LogP contribution in [0.2, 0.25) is 0 Å². The fraction of sp³-hybridized carbons (Fsp3) is 0.500. The van der Waals surface area contributed by atoms with Crippen LogP contribution in [0.15, 0.2) is 29.2 Å². The van der Waals surface area contributed by atoms with Gasteiger partial charge in [0.15, 0.2) is 0 Å². The molecular weight excluding hydrogens is 366 g/mol. The molecule has 2 amide bonds. The molecule has 0 saturated carbocycles. The minimum Gasteiger partial charge on any atom is -0.362 e. The van der Waals surface area contributed by atoms with Crippen molar-refractivity contribution in [2.75, 3.05) is 29.6 Å². The third-order valence-electron chi connectivity index (χ3n) is 4.06. The summed E-state index contributed by atoms with van der Waals surface area (Å²) in [4.78, 5) is 17.3. The minimum absolute atomic E-state index is 0.0558. The summed E-state index contributed by atoms with van der Waals surface area (Å²) in [5, 5.41) is 13.7. The largest absolute Gasteiger partial charge is 0.362 e. The molecule has 3 rings (SSSR count). The first kappa shape index (κ1) is 19.0. The van der Waals surface area contributed by atoms with E-state index in [-0.39, 0.29) is 17.6 Å². The van der Waals surface area contributed by atoms with E-state index < -0.39 is 0 Å². The first-order valence-corrected chi connectivity index (χ1v) is 10.5. The zero-order valence-corrected chi connectivity index (χ0v) is 17.4. The molecule has 1 aliphatic rings.